The largest absolute Gasteiger partial charge is 0.417 e. The van der Waals surface area contributed by atoms with Gasteiger partial charge in [0.1, 0.15) is 4.90 Å². The monoisotopic (exact) mass is 403 g/mol. The molecule has 0 atom stereocenters. The van der Waals surface area contributed by atoms with Gasteiger partial charge in [-0.3, -0.25) is 4.72 Å². The van der Waals surface area contributed by atoms with Gasteiger partial charge in [-0.15, -0.1) is 0 Å². The van der Waals surface area contributed by atoms with Gasteiger partial charge in [-0.05, 0) is 30.3 Å². The first kappa shape index (κ1) is 18.2. The highest BCUT2D eigenvalue weighted by Gasteiger charge is 2.33. The van der Waals surface area contributed by atoms with Crippen molar-refractivity contribution in [3.8, 4) is 0 Å². The Balaban J connectivity index is 2.44. The number of hydrogen-bond donors (Lipinski definition) is 1. The molecular formula is C13H7Cl3F3NO2S. The van der Waals surface area contributed by atoms with Crippen LogP contribution >= 0.6 is 34.8 Å². The summed E-state index contributed by atoms with van der Waals surface area (Å²) in [6, 6.07) is 6.56. The zero-order chi connectivity index (χ0) is 17.4. The molecule has 0 unspecified atom stereocenters. The molecule has 10 heteroatoms. The third-order valence-electron chi connectivity index (χ3n) is 2.73. The molecule has 0 aliphatic carbocycles. The fourth-order valence-corrected chi connectivity index (χ4v) is 3.74. The van der Waals surface area contributed by atoms with Crippen molar-refractivity contribution in [1.29, 1.82) is 0 Å². The molecule has 0 radical (unpaired) electrons. The second kappa shape index (κ2) is 6.39. The van der Waals surface area contributed by atoms with Gasteiger partial charge in [0.05, 0.1) is 20.6 Å². The summed E-state index contributed by atoms with van der Waals surface area (Å²) in [7, 11) is -4.22. The highest BCUT2D eigenvalue weighted by atomic mass is 35.5. The predicted octanol–water partition coefficient (Wildman–Crippen LogP) is 5.47. The molecule has 2 aromatic rings. The maximum atomic E-state index is 12.8. The molecule has 0 fully saturated rings. The lowest BCUT2D eigenvalue weighted by Gasteiger charge is -2.13. The molecule has 0 heterocycles. The Hall–Kier alpha value is -1.15. The highest BCUT2D eigenvalue weighted by molar-refractivity contribution is 7.92. The maximum absolute atomic E-state index is 12.8. The number of hydrogen-bond acceptors (Lipinski definition) is 2. The van der Waals surface area contributed by atoms with E-state index in [0.717, 1.165) is 12.1 Å². The lowest BCUT2D eigenvalue weighted by molar-refractivity contribution is -0.137. The Kier molecular flexibility index (Phi) is 5.06. The lowest BCUT2D eigenvalue weighted by atomic mass is 10.2. The average Bonchev–Trinajstić information content (AvgIpc) is 2.42. The Morgan fingerprint density at radius 1 is 0.957 bits per heavy atom. The van der Waals surface area contributed by atoms with E-state index in [9.17, 15) is 21.6 Å². The second-order valence-corrected chi connectivity index (χ2v) is 7.19. The highest BCUT2D eigenvalue weighted by Crippen LogP contribution is 2.37. The Morgan fingerprint density at radius 2 is 1.61 bits per heavy atom. The van der Waals surface area contributed by atoms with Crippen LogP contribution in [0.15, 0.2) is 41.3 Å². The van der Waals surface area contributed by atoms with Crippen molar-refractivity contribution in [2.24, 2.45) is 0 Å². The van der Waals surface area contributed by atoms with E-state index >= 15 is 0 Å². The van der Waals surface area contributed by atoms with Crippen molar-refractivity contribution in [1.82, 2.24) is 0 Å². The number of benzene rings is 2. The zero-order valence-corrected chi connectivity index (χ0v) is 14.0. The molecule has 0 aromatic heterocycles. The van der Waals surface area contributed by atoms with Crippen molar-refractivity contribution in [2.45, 2.75) is 11.1 Å². The van der Waals surface area contributed by atoms with Crippen molar-refractivity contribution < 1.29 is 21.6 Å². The van der Waals surface area contributed by atoms with E-state index in [1.807, 2.05) is 4.72 Å². The molecule has 0 bridgehead atoms. The molecule has 3 nitrogen and oxygen atoms in total. The normalized spacial score (nSPS) is 12.3. The molecular weight excluding hydrogens is 398 g/mol. The van der Waals surface area contributed by atoms with Crippen LogP contribution in [-0.2, 0) is 16.2 Å². The molecule has 2 rings (SSSR count). The number of sulfonamides is 1. The van der Waals surface area contributed by atoms with Gasteiger partial charge in [-0.2, -0.15) is 13.2 Å². The Labute approximate surface area is 145 Å². The summed E-state index contributed by atoms with van der Waals surface area (Å²) in [6.07, 6.45) is -4.72. The summed E-state index contributed by atoms with van der Waals surface area (Å²) in [5.74, 6) is 0. The van der Waals surface area contributed by atoms with Crippen LogP contribution in [-0.4, -0.2) is 8.42 Å². The van der Waals surface area contributed by atoms with Crippen LogP contribution in [0.25, 0.3) is 0 Å². The van der Waals surface area contributed by atoms with Crippen LogP contribution in [0.3, 0.4) is 0 Å². The van der Waals surface area contributed by atoms with E-state index in [1.54, 1.807) is 0 Å². The van der Waals surface area contributed by atoms with Crippen molar-refractivity contribution in [3.05, 3.63) is 57.0 Å². The smallest absolute Gasteiger partial charge is 0.280 e. The molecule has 2 aromatic carbocycles. The fourth-order valence-electron chi connectivity index (χ4n) is 1.71. The van der Waals surface area contributed by atoms with E-state index in [0.29, 0.717) is 6.07 Å². The van der Waals surface area contributed by atoms with Crippen molar-refractivity contribution in [2.75, 3.05) is 4.72 Å². The number of halogens is 6. The van der Waals surface area contributed by atoms with Gasteiger partial charge < -0.3 is 0 Å². The van der Waals surface area contributed by atoms with Crippen LogP contribution in [0.4, 0.5) is 18.9 Å². The fraction of sp³-hybridized carbons (Fsp3) is 0.0769. The standard InChI is InChI=1S/C13H7Cl3F3NO2S/c14-9-5-4-7(6-8(9)13(17,18)19)20-23(21,22)11-3-1-2-10(15)12(11)16/h1-6,20H. The van der Waals surface area contributed by atoms with E-state index in [4.69, 9.17) is 34.8 Å². The number of rotatable bonds is 3. The van der Waals surface area contributed by atoms with Crippen LogP contribution in [0.1, 0.15) is 5.56 Å². The van der Waals surface area contributed by atoms with Gasteiger partial charge in [0.25, 0.3) is 10.0 Å². The van der Waals surface area contributed by atoms with Crippen LogP contribution in [0.2, 0.25) is 15.1 Å². The third-order valence-corrected chi connectivity index (χ3v) is 5.41. The van der Waals surface area contributed by atoms with Gasteiger partial charge in [0, 0.05) is 5.69 Å². The predicted molar refractivity (Wildman–Crippen MR) is 83.7 cm³/mol. The first-order chi connectivity index (χ1) is 10.5. The first-order valence-corrected chi connectivity index (χ1v) is 8.47. The molecule has 0 saturated heterocycles. The Bertz CT molecular complexity index is 854. The van der Waals surface area contributed by atoms with E-state index in [-0.39, 0.29) is 20.6 Å². The van der Waals surface area contributed by atoms with Crippen molar-refractivity contribution in [3.63, 3.8) is 0 Å². The van der Waals surface area contributed by atoms with Gasteiger partial charge >= 0.3 is 6.18 Å². The van der Waals surface area contributed by atoms with E-state index < -0.39 is 26.8 Å². The third kappa shape index (κ3) is 4.03. The lowest BCUT2D eigenvalue weighted by Crippen LogP contribution is -2.14. The minimum Gasteiger partial charge on any atom is -0.280 e. The number of nitrogens with one attached hydrogen (secondary N) is 1. The first-order valence-electron chi connectivity index (χ1n) is 5.86. The molecule has 0 saturated carbocycles. The summed E-state index contributed by atoms with van der Waals surface area (Å²) in [4.78, 5) is -0.352. The second-order valence-electron chi connectivity index (χ2n) is 4.35. The molecule has 0 aliphatic rings. The zero-order valence-electron chi connectivity index (χ0n) is 11.0. The quantitative estimate of drug-likeness (QED) is 0.738. The van der Waals surface area contributed by atoms with E-state index in [1.165, 1.54) is 18.2 Å². The molecule has 0 spiro atoms. The minimum atomic E-state index is -4.72. The van der Waals surface area contributed by atoms with Crippen LogP contribution < -0.4 is 4.72 Å². The topological polar surface area (TPSA) is 46.2 Å². The minimum absolute atomic E-state index is 0.00151. The SMILES string of the molecule is O=S(=O)(Nc1ccc(Cl)c(C(F)(F)F)c1)c1cccc(Cl)c1Cl. The van der Waals surface area contributed by atoms with Crippen molar-refractivity contribution >= 4 is 50.5 Å². The van der Waals surface area contributed by atoms with Gasteiger partial charge in [0.15, 0.2) is 0 Å². The van der Waals surface area contributed by atoms with Crippen LogP contribution in [0, 0.1) is 0 Å². The van der Waals surface area contributed by atoms with Crippen LogP contribution in [0.5, 0.6) is 0 Å². The summed E-state index contributed by atoms with van der Waals surface area (Å²) in [6.45, 7) is 0. The number of anilines is 1. The molecule has 0 amide bonds. The molecule has 1 N–H and O–H groups in total. The summed E-state index contributed by atoms with van der Waals surface area (Å²) in [5.41, 5.74) is -1.46. The average molecular weight is 405 g/mol. The maximum Gasteiger partial charge on any atom is 0.417 e. The van der Waals surface area contributed by atoms with Gasteiger partial charge in [-0.25, -0.2) is 8.42 Å². The molecule has 23 heavy (non-hydrogen) atoms. The van der Waals surface area contributed by atoms with E-state index in [2.05, 4.69) is 0 Å². The molecule has 124 valence electrons. The molecule has 0 aliphatic heterocycles. The van der Waals surface area contributed by atoms with Gasteiger partial charge in [0.2, 0.25) is 0 Å². The number of alkyl halides is 3. The van der Waals surface area contributed by atoms with Gasteiger partial charge in [-0.1, -0.05) is 40.9 Å². The Morgan fingerprint density at radius 3 is 2.22 bits per heavy atom. The summed E-state index contributed by atoms with van der Waals surface area (Å²) in [5, 5.41) is -0.769. The summed E-state index contributed by atoms with van der Waals surface area (Å²) >= 11 is 17.0. The summed E-state index contributed by atoms with van der Waals surface area (Å²) < 4.78 is 64.9.